The van der Waals surface area contributed by atoms with Gasteiger partial charge in [0.2, 0.25) is 0 Å². The molecule has 2 heterocycles. The Morgan fingerprint density at radius 2 is 1.78 bits per heavy atom. The highest BCUT2D eigenvalue weighted by Gasteiger charge is 2.16. The summed E-state index contributed by atoms with van der Waals surface area (Å²) in [6, 6.07) is 21.5. The van der Waals surface area contributed by atoms with Gasteiger partial charge in [-0.1, -0.05) is 65.8 Å². The van der Waals surface area contributed by atoms with Crippen LogP contribution < -0.4 is 0 Å². The van der Waals surface area contributed by atoms with Crippen molar-refractivity contribution in [2.45, 2.75) is 24.4 Å². The Morgan fingerprint density at radius 1 is 0.969 bits per heavy atom. The van der Waals surface area contributed by atoms with Crippen molar-refractivity contribution >= 4 is 23.4 Å². The summed E-state index contributed by atoms with van der Waals surface area (Å²) in [6.07, 6.45) is 2.88. The standard InChI is InChI=1S/C24H23ClN4O2S/c25-21-10-8-19(9-11-21)15-31-16-22(30)17-32-24-28-27-23(20-7-4-12-26-13-20)29(24)14-18-5-2-1-3-6-18/h1-13,22,30H,14-17H2. The third-order valence-corrected chi connectivity index (χ3v) is 6.08. The van der Waals surface area contributed by atoms with Crippen molar-refractivity contribution in [2.75, 3.05) is 12.4 Å². The highest BCUT2D eigenvalue weighted by Crippen LogP contribution is 2.25. The van der Waals surface area contributed by atoms with E-state index >= 15 is 0 Å². The van der Waals surface area contributed by atoms with Crippen LogP contribution in [0.2, 0.25) is 5.02 Å². The Labute approximate surface area is 196 Å². The fourth-order valence-corrected chi connectivity index (χ4v) is 4.09. The summed E-state index contributed by atoms with van der Waals surface area (Å²) in [5.41, 5.74) is 3.05. The van der Waals surface area contributed by atoms with E-state index in [0.29, 0.717) is 23.9 Å². The lowest BCUT2D eigenvalue weighted by Crippen LogP contribution is -2.18. The molecule has 1 N–H and O–H groups in total. The van der Waals surface area contributed by atoms with Gasteiger partial charge < -0.3 is 9.84 Å². The molecule has 8 heteroatoms. The number of aliphatic hydroxyl groups is 1. The largest absolute Gasteiger partial charge is 0.390 e. The maximum absolute atomic E-state index is 10.4. The SMILES string of the molecule is OC(COCc1ccc(Cl)cc1)CSc1nnc(-c2cccnc2)n1Cc1ccccc1. The summed E-state index contributed by atoms with van der Waals surface area (Å²) in [4.78, 5) is 4.20. The van der Waals surface area contributed by atoms with Crippen molar-refractivity contribution < 1.29 is 9.84 Å². The van der Waals surface area contributed by atoms with Gasteiger partial charge in [-0.15, -0.1) is 10.2 Å². The summed E-state index contributed by atoms with van der Waals surface area (Å²) < 4.78 is 7.71. The second-order valence-electron chi connectivity index (χ2n) is 7.23. The molecule has 4 rings (SSSR count). The molecule has 2 aromatic carbocycles. The van der Waals surface area contributed by atoms with Gasteiger partial charge >= 0.3 is 0 Å². The van der Waals surface area contributed by atoms with Gasteiger partial charge in [0.15, 0.2) is 11.0 Å². The first-order valence-corrected chi connectivity index (χ1v) is 11.6. The van der Waals surface area contributed by atoms with Crippen LogP contribution in [-0.2, 0) is 17.9 Å². The molecule has 0 aliphatic heterocycles. The molecule has 4 aromatic rings. The number of hydrogen-bond donors (Lipinski definition) is 1. The first-order valence-electron chi connectivity index (χ1n) is 10.2. The van der Waals surface area contributed by atoms with Crippen molar-refractivity contribution in [3.05, 3.63) is 95.3 Å². The minimum Gasteiger partial charge on any atom is -0.390 e. The molecule has 0 radical (unpaired) electrons. The first-order chi connectivity index (χ1) is 15.7. The average Bonchev–Trinajstić information content (AvgIpc) is 3.22. The molecule has 6 nitrogen and oxygen atoms in total. The lowest BCUT2D eigenvalue weighted by atomic mass is 10.2. The number of pyridine rings is 1. The van der Waals surface area contributed by atoms with Crippen LogP contribution in [0.25, 0.3) is 11.4 Å². The number of aromatic nitrogens is 4. The maximum atomic E-state index is 10.4. The fourth-order valence-electron chi connectivity index (χ4n) is 3.12. The highest BCUT2D eigenvalue weighted by atomic mass is 35.5. The first kappa shape index (κ1) is 22.5. The van der Waals surface area contributed by atoms with E-state index in [-0.39, 0.29) is 6.61 Å². The van der Waals surface area contributed by atoms with Gasteiger partial charge in [0, 0.05) is 28.7 Å². The number of benzene rings is 2. The van der Waals surface area contributed by atoms with Crippen molar-refractivity contribution in [3.63, 3.8) is 0 Å². The summed E-state index contributed by atoms with van der Waals surface area (Å²) in [7, 11) is 0. The Morgan fingerprint density at radius 3 is 2.53 bits per heavy atom. The molecule has 0 amide bonds. The molecular weight excluding hydrogens is 444 g/mol. The summed E-state index contributed by atoms with van der Waals surface area (Å²) in [5.74, 6) is 1.19. The van der Waals surface area contributed by atoms with E-state index < -0.39 is 6.10 Å². The van der Waals surface area contributed by atoms with Gasteiger partial charge in [0.25, 0.3) is 0 Å². The second kappa shape index (κ2) is 11.2. The van der Waals surface area contributed by atoms with Gasteiger partial charge in [-0.05, 0) is 35.4 Å². The zero-order chi connectivity index (χ0) is 22.2. The minimum atomic E-state index is -0.629. The zero-order valence-corrected chi connectivity index (χ0v) is 18.9. The molecule has 0 saturated heterocycles. The molecule has 1 atom stereocenters. The lowest BCUT2D eigenvalue weighted by molar-refractivity contribution is 0.0397. The van der Waals surface area contributed by atoms with Crippen molar-refractivity contribution in [1.82, 2.24) is 19.7 Å². The van der Waals surface area contributed by atoms with E-state index in [2.05, 4.69) is 31.9 Å². The van der Waals surface area contributed by atoms with E-state index in [0.717, 1.165) is 27.7 Å². The molecule has 0 aliphatic rings. The monoisotopic (exact) mass is 466 g/mol. The number of thioether (sulfide) groups is 1. The zero-order valence-electron chi connectivity index (χ0n) is 17.3. The normalized spacial score (nSPS) is 12.1. The minimum absolute atomic E-state index is 0.234. The van der Waals surface area contributed by atoms with Crippen LogP contribution in [-0.4, -0.2) is 43.3 Å². The van der Waals surface area contributed by atoms with Crippen LogP contribution in [0.15, 0.2) is 84.3 Å². The predicted octanol–water partition coefficient (Wildman–Crippen LogP) is 4.71. The molecule has 1 unspecified atom stereocenters. The molecule has 32 heavy (non-hydrogen) atoms. The topological polar surface area (TPSA) is 73.1 Å². The predicted molar refractivity (Wildman–Crippen MR) is 127 cm³/mol. The molecule has 0 aliphatic carbocycles. The molecule has 0 saturated carbocycles. The second-order valence-corrected chi connectivity index (χ2v) is 8.65. The van der Waals surface area contributed by atoms with Gasteiger partial charge in [-0.3, -0.25) is 9.55 Å². The molecule has 0 spiro atoms. The Hall–Kier alpha value is -2.71. The van der Waals surface area contributed by atoms with Gasteiger partial charge in [-0.25, -0.2) is 0 Å². The molecule has 164 valence electrons. The highest BCUT2D eigenvalue weighted by molar-refractivity contribution is 7.99. The summed E-state index contributed by atoms with van der Waals surface area (Å²) >= 11 is 7.36. The van der Waals surface area contributed by atoms with Gasteiger partial charge in [-0.2, -0.15) is 0 Å². The van der Waals surface area contributed by atoms with Crippen molar-refractivity contribution in [3.8, 4) is 11.4 Å². The van der Waals surface area contributed by atoms with Gasteiger partial charge in [0.1, 0.15) is 0 Å². The van der Waals surface area contributed by atoms with Gasteiger partial charge in [0.05, 0.1) is 25.9 Å². The van der Waals surface area contributed by atoms with Crippen molar-refractivity contribution in [1.29, 1.82) is 0 Å². The van der Waals surface area contributed by atoms with E-state index in [1.807, 2.05) is 54.6 Å². The van der Waals surface area contributed by atoms with Crippen LogP contribution in [0.3, 0.4) is 0 Å². The van der Waals surface area contributed by atoms with E-state index in [4.69, 9.17) is 16.3 Å². The molecule has 0 fully saturated rings. The smallest absolute Gasteiger partial charge is 0.191 e. The number of ether oxygens (including phenoxy) is 1. The number of nitrogens with zero attached hydrogens (tertiary/aromatic N) is 4. The summed E-state index contributed by atoms with van der Waals surface area (Å²) in [6.45, 7) is 1.29. The van der Waals surface area contributed by atoms with Crippen molar-refractivity contribution in [2.24, 2.45) is 0 Å². The lowest BCUT2D eigenvalue weighted by Gasteiger charge is -2.13. The van der Waals surface area contributed by atoms with Crippen LogP contribution >= 0.6 is 23.4 Å². The van der Waals surface area contributed by atoms with Crippen LogP contribution in [0.1, 0.15) is 11.1 Å². The Bertz CT molecular complexity index is 1110. The van der Waals surface area contributed by atoms with E-state index in [1.165, 1.54) is 11.8 Å². The third kappa shape index (κ3) is 6.17. The number of aliphatic hydroxyl groups excluding tert-OH is 1. The van der Waals surface area contributed by atoms with E-state index in [9.17, 15) is 5.11 Å². The summed E-state index contributed by atoms with van der Waals surface area (Å²) in [5, 5.41) is 20.6. The molecular formula is C24H23ClN4O2S. The van der Waals surface area contributed by atoms with Crippen LogP contribution in [0.4, 0.5) is 0 Å². The Balaban J connectivity index is 1.40. The molecule has 0 bridgehead atoms. The number of hydrogen-bond acceptors (Lipinski definition) is 6. The third-order valence-electron chi connectivity index (χ3n) is 4.72. The molecule has 2 aromatic heterocycles. The Kier molecular flexibility index (Phi) is 7.90. The van der Waals surface area contributed by atoms with Crippen LogP contribution in [0.5, 0.6) is 0 Å². The van der Waals surface area contributed by atoms with Crippen LogP contribution in [0, 0.1) is 0 Å². The number of halogens is 1. The van der Waals surface area contributed by atoms with E-state index in [1.54, 1.807) is 12.4 Å². The number of rotatable bonds is 10. The maximum Gasteiger partial charge on any atom is 0.191 e. The average molecular weight is 467 g/mol. The quantitative estimate of drug-likeness (QED) is 0.341. The fraction of sp³-hybridized carbons (Fsp3) is 0.208.